The number of ketones is 3. The molecule has 0 radical (unpaired) electrons. The van der Waals surface area contributed by atoms with Gasteiger partial charge in [-0.3, -0.25) is 14.4 Å². The molecule has 0 bridgehead atoms. The average Bonchev–Trinajstić information content (AvgIpc) is 2.56. The molecule has 0 N–H and O–H groups in total. The van der Waals surface area contributed by atoms with Crippen LogP contribution in [-0.2, 0) is 4.79 Å². The van der Waals surface area contributed by atoms with Gasteiger partial charge in [0, 0.05) is 11.1 Å². The summed E-state index contributed by atoms with van der Waals surface area (Å²) in [6, 6.07) is 9.84. The fourth-order valence-corrected chi connectivity index (χ4v) is 1.66. The second-order valence-electron chi connectivity index (χ2n) is 4.94. The lowest BCUT2D eigenvalue weighted by Gasteiger charge is -1.99. The Balaban J connectivity index is 0.000000271. The second kappa shape index (κ2) is 9.46. The number of hydrogen-bond donors (Lipinski definition) is 0. The van der Waals surface area contributed by atoms with Crippen LogP contribution in [0.1, 0.15) is 34.1 Å². The zero-order valence-electron chi connectivity index (χ0n) is 13.1. The molecule has 0 saturated carbocycles. The predicted octanol–water partition coefficient (Wildman–Crippen LogP) is 4.26. The summed E-state index contributed by atoms with van der Waals surface area (Å²) in [4.78, 5) is 32.4. The van der Waals surface area contributed by atoms with Crippen LogP contribution in [0.25, 0.3) is 0 Å². The second-order valence-corrected chi connectivity index (χ2v) is 4.94. The van der Waals surface area contributed by atoms with Crippen molar-refractivity contribution in [2.24, 2.45) is 0 Å². The van der Waals surface area contributed by atoms with Gasteiger partial charge in [-0.2, -0.15) is 0 Å². The van der Waals surface area contributed by atoms with E-state index in [0.29, 0.717) is 5.56 Å². The van der Waals surface area contributed by atoms with Gasteiger partial charge >= 0.3 is 0 Å². The van der Waals surface area contributed by atoms with Crippen molar-refractivity contribution in [2.45, 2.75) is 19.8 Å². The van der Waals surface area contributed by atoms with E-state index in [2.05, 4.69) is 0 Å². The highest BCUT2D eigenvalue weighted by atomic mass is 19.3. The summed E-state index contributed by atoms with van der Waals surface area (Å²) >= 11 is 0. The first-order valence-corrected chi connectivity index (χ1v) is 7.07. The molecule has 2 rings (SSSR count). The molecule has 25 heavy (non-hydrogen) atoms. The van der Waals surface area contributed by atoms with Crippen molar-refractivity contribution in [3.05, 3.63) is 71.3 Å². The molecule has 0 spiro atoms. The fourth-order valence-electron chi connectivity index (χ4n) is 1.66. The summed E-state index contributed by atoms with van der Waals surface area (Å²) in [6.45, 7) is 1.45. The van der Waals surface area contributed by atoms with Crippen LogP contribution < -0.4 is 0 Å². The van der Waals surface area contributed by atoms with Crippen molar-refractivity contribution < 1.29 is 31.9 Å². The third-order valence-electron chi connectivity index (χ3n) is 3.00. The summed E-state index contributed by atoms with van der Waals surface area (Å²) in [5, 5.41) is 0. The molecule has 2 aromatic carbocycles. The monoisotopic (exact) mass is 354 g/mol. The van der Waals surface area contributed by atoms with E-state index in [-0.39, 0.29) is 17.2 Å². The Kier molecular flexibility index (Phi) is 7.65. The summed E-state index contributed by atoms with van der Waals surface area (Å²) in [6.07, 6.45) is -4.00. The number of carbonyl (C=O) groups is 3. The van der Waals surface area contributed by atoms with Crippen molar-refractivity contribution in [1.82, 2.24) is 0 Å². The summed E-state index contributed by atoms with van der Waals surface area (Å²) in [5.41, 5.74) is 0.590. The zero-order chi connectivity index (χ0) is 19.0. The molecule has 0 unspecified atom stereocenters. The van der Waals surface area contributed by atoms with Crippen LogP contribution in [0.4, 0.5) is 17.6 Å². The predicted molar refractivity (Wildman–Crippen MR) is 82.8 cm³/mol. The van der Waals surface area contributed by atoms with Gasteiger partial charge in [-0.05, 0) is 55.5 Å². The minimum absolute atomic E-state index is 0.0417. The minimum Gasteiger partial charge on any atom is -0.295 e. The third-order valence-corrected chi connectivity index (χ3v) is 3.00. The Bertz CT molecular complexity index is 738. The highest BCUT2D eigenvalue weighted by Gasteiger charge is 2.19. The lowest BCUT2D eigenvalue weighted by atomic mass is 10.1. The van der Waals surface area contributed by atoms with Crippen molar-refractivity contribution in [2.75, 3.05) is 0 Å². The molecule has 0 aliphatic carbocycles. The fraction of sp³-hybridized carbons (Fsp3) is 0.167. The topological polar surface area (TPSA) is 51.2 Å². The van der Waals surface area contributed by atoms with Gasteiger partial charge in [0.2, 0.25) is 5.78 Å². The van der Waals surface area contributed by atoms with Crippen molar-refractivity contribution in [3.8, 4) is 0 Å². The number of alkyl halides is 2. The maximum Gasteiger partial charge on any atom is 0.296 e. The number of hydrogen-bond acceptors (Lipinski definition) is 3. The minimum atomic E-state index is -3.14. The van der Waals surface area contributed by atoms with Crippen molar-refractivity contribution in [3.63, 3.8) is 0 Å². The summed E-state index contributed by atoms with van der Waals surface area (Å²) in [5.74, 6) is -3.05. The van der Waals surface area contributed by atoms with Crippen LogP contribution in [0, 0.1) is 11.6 Å². The van der Waals surface area contributed by atoms with E-state index < -0.39 is 30.2 Å². The standard InChI is InChI=1S/C10H7F3O2.C8H7FO/c11-7-3-1-6(2-4-7)8(14)5-9(15)10(12)13;1-6(10)7-2-4-8(9)5-3-7/h1-4,10H,5H2;2-5H,1H3. The molecule has 0 saturated heterocycles. The highest BCUT2D eigenvalue weighted by molar-refractivity contribution is 6.08. The molecule has 0 fully saturated rings. The molecule has 3 nitrogen and oxygen atoms in total. The number of benzene rings is 2. The van der Waals surface area contributed by atoms with Crippen molar-refractivity contribution in [1.29, 1.82) is 0 Å². The van der Waals surface area contributed by atoms with Gasteiger partial charge in [-0.25, -0.2) is 17.6 Å². The number of Topliss-reactive ketones (excluding diaryl/α,β-unsaturated/α-hetero) is 3. The van der Waals surface area contributed by atoms with Crippen LogP contribution in [0.3, 0.4) is 0 Å². The number of carbonyl (C=O) groups excluding carboxylic acids is 3. The molecular formula is C18H14F4O3. The van der Waals surface area contributed by atoms with E-state index in [1.54, 1.807) is 0 Å². The normalized spacial score (nSPS) is 10.0. The van der Waals surface area contributed by atoms with Crippen LogP contribution in [0.2, 0.25) is 0 Å². The van der Waals surface area contributed by atoms with Gasteiger partial charge in [0.05, 0.1) is 6.42 Å². The lowest BCUT2D eigenvalue weighted by Crippen LogP contribution is -2.15. The maximum atomic E-state index is 12.4. The zero-order valence-corrected chi connectivity index (χ0v) is 13.1. The Labute approximate surface area is 141 Å². The molecule has 0 aliphatic heterocycles. The molecule has 0 aliphatic rings. The van der Waals surface area contributed by atoms with E-state index in [0.717, 1.165) is 24.3 Å². The van der Waals surface area contributed by atoms with Gasteiger partial charge in [0.25, 0.3) is 6.43 Å². The number of rotatable bonds is 5. The average molecular weight is 354 g/mol. The quantitative estimate of drug-likeness (QED) is 0.458. The molecule has 132 valence electrons. The molecule has 2 aromatic rings. The van der Waals surface area contributed by atoms with Gasteiger partial charge in [0.15, 0.2) is 11.6 Å². The van der Waals surface area contributed by atoms with Crippen LogP contribution in [-0.4, -0.2) is 23.8 Å². The first-order valence-electron chi connectivity index (χ1n) is 7.07. The van der Waals surface area contributed by atoms with Crippen LogP contribution in [0.15, 0.2) is 48.5 Å². The van der Waals surface area contributed by atoms with Gasteiger partial charge in [-0.1, -0.05) is 0 Å². The van der Waals surface area contributed by atoms with Gasteiger partial charge in [0.1, 0.15) is 11.6 Å². The van der Waals surface area contributed by atoms with E-state index in [1.165, 1.54) is 31.2 Å². The SMILES string of the molecule is CC(=O)c1ccc(F)cc1.O=C(CC(=O)C(F)F)c1ccc(F)cc1. The van der Waals surface area contributed by atoms with E-state index in [9.17, 15) is 31.9 Å². The van der Waals surface area contributed by atoms with Gasteiger partial charge in [-0.15, -0.1) is 0 Å². The van der Waals surface area contributed by atoms with Gasteiger partial charge < -0.3 is 0 Å². The largest absolute Gasteiger partial charge is 0.296 e. The summed E-state index contributed by atoms with van der Waals surface area (Å²) in [7, 11) is 0. The molecule has 0 aromatic heterocycles. The highest BCUT2D eigenvalue weighted by Crippen LogP contribution is 2.08. The molecule has 7 heteroatoms. The van der Waals surface area contributed by atoms with E-state index >= 15 is 0 Å². The van der Waals surface area contributed by atoms with E-state index in [4.69, 9.17) is 0 Å². The van der Waals surface area contributed by atoms with Crippen molar-refractivity contribution >= 4 is 17.3 Å². The summed E-state index contributed by atoms with van der Waals surface area (Å²) < 4.78 is 48.3. The van der Waals surface area contributed by atoms with E-state index in [1.807, 2.05) is 0 Å². The number of halogens is 4. The van der Waals surface area contributed by atoms with Crippen LogP contribution in [0.5, 0.6) is 0 Å². The Morgan fingerprint density at radius 1 is 0.800 bits per heavy atom. The third kappa shape index (κ3) is 7.07. The maximum absolute atomic E-state index is 12.4. The molecule has 0 heterocycles. The lowest BCUT2D eigenvalue weighted by molar-refractivity contribution is -0.128. The smallest absolute Gasteiger partial charge is 0.295 e. The van der Waals surface area contributed by atoms with Crippen LogP contribution >= 0.6 is 0 Å². The first-order chi connectivity index (χ1) is 11.7. The molecular weight excluding hydrogens is 340 g/mol. The molecule has 0 amide bonds. The Morgan fingerprint density at radius 3 is 1.56 bits per heavy atom. The Hall–Kier alpha value is -2.83. The Morgan fingerprint density at radius 2 is 1.20 bits per heavy atom. The first kappa shape index (κ1) is 20.2. The molecule has 0 atom stereocenters.